The second-order valence-corrected chi connectivity index (χ2v) is 6.74. The van der Waals surface area contributed by atoms with Crippen LogP contribution in [0.25, 0.3) is 0 Å². The van der Waals surface area contributed by atoms with E-state index in [1.165, 1.54) is 7.11 Å². The summed E-state index contributed by atoms with van der Waals surface area (Å²) < 4.78 is 29.5. The molecule has 1 unspecified atom stereocenters. The van der Waals surface area contributed by atoms with Gasteiger partial charge in [-0.05, 0) is 12.0 Å². The van der Waals surface area contributed by atoms with Crippen LogP contribution in [0.1, 0.15) is 19.4 Å². The highest BCUT2D eigenvalue weighted by molar-refractivity contribution is 7.92. The maximum absolute atomic E-state index is 12.2. The van der Waals surface area contributed by atoms with Crippen molar-refractivity contribution in [3.05, 3.63) is 29.8 Å². The van der Waals surface area contributed by atoms with E-state index in [0.717, 1.165) is 0 Å². The number of aliphatic carboxylic acids is 1. The molecule has 1 N–H and O–H groups in total. The largest absolute Gasteiger partial charge is 0.496 e. The van der Waals surface area contributed by atoms with Crippen molar-refractivity contribution in [2.24, 2.45) is 5.92 Å². The van der Waals surface area contributed by atoms with E-state index in [1.54, 1.807) is 38.1 Å². The maximum atomic E-state index is 12.2. The summed E-state index contributed by atoms with van der Waals surface area (Å²) in [7, 11) is -2.34. The summed E-state index contributed by atoms with van der Waals surface area (Å²) in [4.78, 5) is 11.1. The first-order valence-corrected chi connectivity index (χ1v) is 7.57. The number of hydrogen-bond donors (Lipinski definition) is 1. The highest BCUT2D eigenvalue weighted by Crippen LogP contribution is 2.24. The minimum absolute atomic E-state index is 0.341. The van der Waals surface area contributed by atoms with Crippen molar-refractivity contribution in [1.82, 2.24) is 0 Å². The summed E-state index contributed by atoms with van der Waals surface area (Å²) in [6.45, 7) is 3.16. The average Bonchev–Trinajstić information content (AvgIpc) is 2.27. The quantitative estimate of drug-likeness (QED) is 0.861. The van der Waals surface area contributed by atoms with Gasteiger partial charge in [-0.2, -0.15) is 0 Å². The van der Waals surface area contributed by atoms with Crippen LogP contribution < -0.4 is 4.74 Å². The van der Waals surface area contributed by atoms with Crippen molar-refractivity contribution in [3.8, 4) is 5.75 Å². The first-order valence-electron chi connectivity index (χ1n) is 5.86. The SMILES string of the molecule is COc1ccccc1CS(=O)(=O)C(C(=O)O)C(C)C. The zero-order chi connectivity index (χ0) is 14.6. The van der Waals surface area contributed by atoms with Crippen molar-refractivity contribution < 1.29 is 23.1 Å². The second kappa shape index (κ2) is 6.06. The minimum Gasteiger partial charge on any atom is -0.496 e. The summed E-state index contributed by atoms with van der Waals surface area (Å²) >= 11 is 0. The Morgan fingerprint density at radius 2 is 1.89 bits per heavy atom. The molecule has 1 aromatic carbocycles. The second-order valence-electron chi connectivity index (χ2n) is 4.62. The fourth-order valence-corrected chi connectivity index (χ4v) is 3.97. The fraction of sp³-hybridized carbons (Fsp3) is 0.462. The van der Waals surface area contributed by atoms with Crippen LogP contribution in [0.2, 0.25) is 0 Å². The van der Waals surface area contributed by atoms with Gasteiger partial charge < -0.3 is 9.84 Å². The first-order chi connectivity index (χ1) is 8.79. The van der Waals surface area contributed by atoms with Crippen molar-refractivity contribution in [1.29, 1.82) is 0 Å². The Morgan fingerprint density at radius 3 is 2.37 bits per heavy atom. The van der Waals surface area contributed by atoms with Crippen molar-refractivity contribution >= 4 is 15.8 Å². The molecule has 1 atom stereocenters. The van der Waals surface area contributed by atoms with E-state index in [0.29, 0.717) is 11.3 Å². The Labute approximate surface area is 113 Å². The molecule has 0 aliphatic carbocycles. The van der Waals surface area contributed by atoms with Gasteiger partial charge in [0, 0.05) is 5.56 Å². The third-order valence-electron chi connectivity index (χ3n) is 2.78. The van der Waals surface area contributed by atoms with Crippen LogP contribution in [0.15, 0.2) is 24.3 Å². The summed E-state index contributed by atoms with van der Waals surface area (Å²) in [5.41, 5.74) is 0.469. The van der Waals surface area contributed by atoms with Crippen LogP contribution in [0.5, 0.6) is 5.75 Å². The predicted octanol–water partition coefficient (Wildman–Crippen LogP) is 1.72. The van der Waals surface area contributed by atoms with E-state index in [4.69, 9.17) is 9.84 Å². The molecule has 5 nitrogen and oxygen atoms in total. The van der Waals surface area contributed by atoms with Gasteiger partial charge in [-0.15, -0.1) is 0 Å². The topological polar surface area (TPSA) is 80.7 Å². The predicted molar refractivity (Wildman–Crippen MR) is 71.9 cm³/mol. The Bertz CT molecular complexity index is 548. The first kappa shape index (κ1) is 15.5. The number of carbonyl (C=O) groups is 1. The van der Waals surface area contributed by atoms with Crippen LogP contribution in [-0.2, 0) is 20.4 Å². The lowest BCUT2D eigenvalue weighted by Crippen LogP contribution is -2.35. The molecule has 1 aromatic rings. The van der Waals surface area contributed by atoms with Gasteiger partial charge in [0.1, 0.15) is 5.75 Å². The molecule has 0 bridgehead atoms. The van der Waals surface area contributed by atoms with Gasteiger partial charge in [-0.3, -0.25) is 4.79 Å². The van der Waals surface area contributed by atoms with E-state index in [9.17, 15) is 13.2 Å². The van der Waals surface area contributed by atoms with Gasteiger partial charge in [0.25, 0.3) is 0 Å². The standard InChI is InChI=1S/C13H18O5S/c1-9(2)12(13(14)15)19(16,17)8-10-6-4-5-7-11(10)18-3/h4-7,9,12H,8H2,1-3H3,(H,14,15). The molecule has 106 valence electrons. The molecular formula is C13H18O5S. The number of carboxylic acid groups (broad SMARTS) is 1. The lowest BCUT2D eigenvalue weighted by molar-refractivity contribution is -0.137. The molecule has 0 spiro atoms. The van der Waals surface area contributed by atoms with E-state index >= 15 is 0 Å². The summed E-state index contributed by atoms with van der Waals surface area (Å²) in [5, 5.41) is 7.67. The highest BCUT2D eigenvalue weighted by atomic mass is 32.2. The summed E-state index contributed by atoms with van der Waals surface area (Å²) in [6, 6.07) is 6.69. The molecule has 0 aliphatic heterocycles. The zero-order valence-corrected chi connectivity index (χ0v) is 12.0. The summed E-state index contributed by atoms with van der Waals surface area (Å²) in [5.74, 6) is -1.70. The Balaban J connectivity index is 3.11. The number of rotatable bonds is 6. The van der Waals surface area contributed by atoms with Crippen LogP contribution in [0, 0.1) is 5.92 Å². The van der Waals surface area contributed by atoms with Crippen LogP contribution in [0.3, 0.4) is 0 Å². The van der Waals surface area contributed by atoms with Crippen molar-refractivity contribution in [2.45, 2.75) is 24.9 Å². The minimum atomic E-state index is -3.79. The van der Waals surface area contributed by atoms with E-state index in [1.807, 2.05) is 0 Å². The number of hydrogen-bond acceptors (Lipinski definition) is 4. The molecule has 0 saturated heterocycles. The normalized spacial score (nSPS) is 13.3. The monoisotopic (exact) mass is 286 g/mol. The van der Waals surface area contributed by atoms with E-state index in [2.05, 4.69) is 0 Å². The zero-order valence-electron chi connectivity index (χ0n) is 11.2. The third kappa shape index (κ3) is 3.70. The van der Waals surface area contributed by atoms with Gasteiger partial charge in [-0.25, -0.2) is 8.42 Å². The molecule has 0 amide bonds. The lowest BCUT2D eigenvalue weighted by atomic mass is 10.1. The Morgan fingerprint density at radius 1 is 1.32 bits per heavy atom. The molecule has 6 heteroatoms. The Hall–Kier alpha value is -1.56. The molecular weight excluding hydrogens is 268 g/mol. The summed E-state index contributed by atoms with van der Waals surface area (Å²) in [6.07, 6.45) is 0. The average molecular weight is 286 g/mol. The number of para-hydroxylation sites is 1. The molecule has 0 saturated carbocycles. The molecule has 0 fully saturated rings. The third-order valence-corrected chi connectivity index (χ3v) is 5.02. The van der Waals surface area contributed by atoms with Gasteiger partial charge in [-0.1, -0.05) is 32.0 Å². The van der Waals surface area contributed by atoms with E-state index < -0.39 is 27.0 Å². The van der Waals surface area contributed by atoms with Crippen LogP contribution in [-0.4, -0.2) is 31.9 Å². The number of methoxy groups -OCH3 is 1. The molecule has 19 heavy (non-hydrogen) atoms. The van der Waals surface area contributed by atoms with Gasteiger partial charge in [0.05, 0.1) is 12.9 Å². The molecule has 0 heterocycles. The van der Waals surface area contributed by atoms with Gasteiger partial charge in [0.15, 0.2) is 15.1 Å². The smallest absolute Gasteiger partial charge is 0.322 e. The number of ether oxygens (including phenoxy) is 1. The number of sulfone groups is 1. The fourth-order valence-electron chi connectivity index (χ4n) is 1.98. The van der Waals surface area contributed by atoms with Gasteiger partial charge >= 0.3 is 5.97 Å². The highest BCUT2D eigenvalue weighted by Gasteiger charge is 2.35. The number of benzene rings is 1. The van der Waals surface area contributed by atoms with Crippen molar-refractivity contribution in [2.75, 3.05) is 7.11 Å². The Kier molecular flexibility index (Phi) is 4.94. The number of carboxylic acids is 1. The van der Waals surface area contributed by atoms with E-state index in [-0.39, 0.29) is 5.75 Å². The molecule has 1 rings (SSSR count). The van der Waals surface area contributed by atoms with Crippen LogP contribution >= 0.6 is 0 Å². The molecule has 0 aromatic heterocycles. The molecule has 0 radical (unpaired) electrons. The van der Waals surface area contributed by atoms with Crippen molar-refractivity contribution in [3.63, 3.8) is 0 Å². The lowest BCUT2D eigenvalue weighted by Gasteiger charge is -2.17. The van der Waals surface area contributed by atoms with Gasteiger partial charge in [0.2, 0.25) is 0 Å². The maximum Gasteiger partial charge on any atom is 0.322 e. The molecule has 0 aliphatic rings. The van der Waals surface area contributed by atoms with Crippen LogP contribution in [0.4, 0.5) is 0 Å².